The molecule has 7 nitrogen and oxygen atoms in total. The lowest BCUT2D eigenvalue weighted by Gasteiger charge is -2.17. The Morgan fingerprint density at radius 2 is 1.80 bits per heavy atom. The molecule has 0 atom stereocenters. The van der Waals surface area contributed by atoms with Crippen molar-refractivity contribution in [2.45, 2.75) is 24.4 Å². The Morgan fingerprint density at radius 3 is 2.69 bits per heavy atom. The van der Waals surface area contributed by atoms with Gasteiger partial charge in [-0.3, -0.25) is 9.59 Å². The van der Waals surface area contributed by atoms with Gasteiger partial charge in [0.2, 0.25) is 5.91 Å². The number of carbonyl (C=O) groups is 2. The van der Waals surface area contributed by atoms with Gasteiger partial charge in [-0.1, -0.05) is 54.6 Å². The Kier molecular flexibility index (Phi) is 6.90. The minimum Gasteiger partial charge on any atom is -0.348 e. The number of hydrogen-bond donors (Lipinski definition) is 1. The summed E-state index contributed by atoms with van der Waals surface area (Å²) >= 11 is 1.40. The van der Waals surface area contributed by atoms with Gasteiger partial charge >= 0.3 is 0 Å². The summed E-state index contributed by atoms with van der Waals surface area (Å²) in [6, 6.07) is 23.5. The lowest BCUT2D eigenvalue weighted by Crippen LogP contribution is -2.30. The first-order valence-electron chi connectivity index (χ1n) is 11.5. The van der Waals surface area contributed by atoms with Crippen LogP contribution < -0.4 is 10.2 Å². The third-order valence-electron chi connectivity index (χ3n) is 5.93. The quantitative estimate of drug-likeness (QED) is 0.384. The Hall–Kier alpha value is -3.91. The van der Waals surface area contributed by atoms with E-state index >= 15 is 0 Å². The molecule has 1 N–H and O–H groups in total. The highest BCUT2D eigenvalue weighted by Crippen LogP contribution is 2.29. The highest BCUT2D eigenvalue weighted by Gasteiger charge is 2.24. The zero-order valence-electron chi connectivity index (χ0n) is 19.1. The molecule has 8 heteroatoms. The molecule has 0 radical (unpaired) electrons. The van der Waals surface area contributed by atoms with E-state index in [2.05, 4.69) is 27.5 Å². The van der Waals surface area contributed by atoms with E-state index in [1.54, 1.807) is 17.1 Å². The maximum atomic E-state index is 13.0. The second kappa shape index (κ2) is 10.6. The fourth-order valence-corrected chi connectivity index (χ4v) is 5.14. The van der Waals surface area contributed by atoms with Crippen molar-refractivity contribution < 1.29 is 9.59 Å². The van der Waals surface area contributed by atoms with Crippen molar-refractivity contribution in [1.29, 1.82) is 0 Å². The standard InChI is InChI=1S/C27H25N5O2S/c33-26(32-13-12-22-8-1-3-10-24(22)32)17-35-25-11-4-2-9-23(25)27(34)29-15-20-6-5-7-21(14-20)16-31-19-28-18-30-31/h1-11,14,18-19H,12-13,15-17H2,(H,29,34). The lowest BCUT2D eigenvalue weighted by atomic mass is 10.1. The van der Waals surface area contributed by atoms with Gasteiger partial charge in [0.05, 0.1) is 17.9 Å². The van der Waals surface area contributed by atoms with Crippen LogP contribution in [-0.2, 0) is 24.3 Å². The van der Waals surface area contributed by atoms with Gasteiger partial charge in [-0.15, -0.1) is 11.8 Å². The largest absolute Gasteiger partial charge is 0.348 e. The molecule has 1 aliphatic heterocycles. The molecule has 0 aliphatic carbocycles. The molecule has 0 saturated heterocycles. The molecule has 1 aromatic heterocycles. The summed E-state index contributed by atoms with van der Waals surface area (Å²) in [4.78, 5) is 32.5. The first kappa shape index (κ1) is 22.9. The molecular weight excluding hydrogens is 458 g/mol. The molecular formula is C27H25N5O2S. The molecule has 1 aliphatic rings. The van der Waals surface area contributed by atoms with Crippen molar-refractivity contribution in [2.24, 2.45) is 0 Å². The third kappa shape index (κ3) is 5.44. The van der Waals surface area contributed by atoms with Crippen LogP contribution in [0.2, 0.25) is 0 Å². The van der Waals surface area contributed by atoms with Crippen molar-refractivity contribution in [3.05, 3.63) is 108 Å². The fraction of sp³-hybridized carbons (Fsp3) is 0.185. The number of nitrogens with zero attached hydrogens (tertiary/aromatic N) is 4. The van der Waals surface area contributed by atoms with Gasteiger partial charge in [0.1, 0.15) is 12.7 Å². The van der Waals surface area contributed by atoms with E-state index in [9.17, 15) is 9.59 Å². The van der Waals surface area contributed by atoms with Crippen molar-refractivity contribution in [1.82, 2.24) is 20.1 Å². The molecule has 0 saturated carbocycles. The molecule has 0 bridgehead atoms. The smallest absolute Gasteiger partial charge is 0.252 e. The molecule has 4 aromatic rings. The highest BCUT2D eigenvalue weighted by molar-refractivity contribution is 8.00. The van der Waals surface area contributed by atoms with E-state index in [1.807, 2.05) is 59.5 Å². The number of thioether (sulfide) groups is 1. The first-order chi connectivity index (χ1) is 17.2. The zero-order chi connectivity index (χ0) is 24.0. The second-order valence-corrected chi connectivity index (χ2v) is 9.32. The van der Waals surface area contributed by atoms with Gasteiger partial charge < -0.3 is 10.2 Å². The van der Waals surface area contributed by atoms with Crippen LogP contribution in [0.3, 0.4) is 0 Å². The molecule has 35 heavy (non-hydrogen) atoms. The van der Waals surface area contributed by atoms with Crippen LogP contribution in [0.5, 0.6) is 0 Å². The van der Waals surface area contributed by atoms with Crippen LogP contribution in [0, 0.1) is 0 Å². The van der Waals surface area contributed by atoms with Gasteiger partial charge in [-0.25, -0.2) is 9.67 Å². The number of nitrogens with one attached hydrogen (secondary N) is 1. The molecule has 0 fully saturated rings. The molecule has 3 aromatic carbocycles. The first-order valence-corrected chi connectivity index (χ1v) is 12.4. The lowest BCUT2D eigenvalue weighted by molar-refractivity contribution is -0.116. The number of hydrogen-bond acceptors (Lipinski definition) is 5. The molecule has 5 rings (SSSR count). The number of anilines is 1. The van der Waals surface area contributed by atoms with E-state index in [0.717, 1.165) is 28.1 Å². The number of fused-ring (bicyclic) bond motifs is 1. The number of rotatable bonds is 8. The van der Waals surface area contributed by atoms with Gasteiger partial charge in [0.25, 0.3) is 5.91 Å². The topological polar surface area (TPSA) is 80.1 Å². The van der Waals surface area contributed by atoms with Crippen LogP contribution in [0.4, 0.5) is 5.69 Å². The Bertz CT molecular complexity index is 1340. The van der Waals surface area contributed by atoms with E-state index in [4.69, 9.17) is 0 Å². The summed E-state index contributed by atoms with van der Waals surface area (Å²) in [6.07, 6.45) is 4.07. The maximum Gasteiger partial charge on any atom is 0.252 e. The number of benzene rings is 3. The van der Waals surface area contributed by atoms with Crippen molar-refractivity contribution >= 4 is 29.3 Å². The third-order valence-corrected chi connectivity index (χ3v) is 6.98. The van der Waals surface area contributed by atoms with Gasteiger partial charge in [-0.05, 0) is 41.3 Å². The predicted molar refractivity (Wildman–Crippen MR) is 136 cm³/mol. The van der Waals surface area contributed by atoms with Crippen molar-refractivity contribution in [3.63, 3.8) is 0 Å². The molecule has 0 spiro atoms. The van der Waals surface area contributed by atoms with Crippen LogP contribution >= 0.6 is 11.8 Å². The number of para-hydroxylation sites is 1. The zero-order valence-corrected chi connectivity index (χ0v) is 19.9. The average Bonchev–Trinajstić information content (AvgIpc) is 3.56. The molecule has 2 heterocycles. The van der Waals surface area contributed by atoms with Crippen LogP contribution in [-0.4, -0.2) is 38.9 Å². The molecule has 176 valence electrons. The van der Waals surface area contributed by atoms with Crippen LogP contribution in [0.15, 0.2) is 90.3 Å². The summed E-state index contributed by atoms with van der Waals surface area (Å²) in [5.41, 5.74) is 4.86. The fourth-order valence-electron chi connectivity index (χ4n) is 4.21. The number of carbonyl (C=O) groups excluding carboxylic acids is 2. The minimum absolute atomic E-state index is 0.0550. The minimum atomic E-state index is -0.159. The van der Waals surface area contributed by atoms with E-state index in [0.29, 0.717) is 25.2 Å². The van der Waals surface area contributed by atoms with E-state index in [-0.39, 0.29) is 17.6 Å². The van der Waals surface area contributed by atoms with Gasteiger partial charge in [-0.2, -0.15) is 5.10 Å². The van der Waals surface area contributed by atoms with Gasteiger partial charge in [0.15, 0.2) is 0 Å². The monoisotopic (exact) mass is 483 g/mol. The van der Waals surface area contributed by atoms with Crippen LogP contribution in [0.25, 0.3) is 0 Å². The summed E-state index contributed by atoms with van der Waals surface area (Å²) in [5.74, 6) is 0.177. The SMILES string of the molecule is O=C(NCc1cccc(Cn2cncn2)c1)c1ccccc1SCC(=O)N1CCc2ccccc21. The van der Waals surface area contributed by atoms with Gasteiger partial charge in [0, 0.05) is 23.7 Å². The van der Waals surface area contributed by atoms with E-state index in [1.165, 1.54) is 23.7 Å². The normalized spacial score (nSPS) is 12.4. The van der Waals surface area contributed by atoms with Crippen molar-refractivity contribution in [3.8, 4) is 0 Å². The van der Waals surface area contributed by atoms with Crippen molar-refractivity contribution in [2.75, 3.05) is 17.2 Å². The second-order valence-electron chi connectivity index (χ2n) is 8.30. The maximum absolute atomic E-state index is 13.0. The molecule has 2 amide bonds. The average molecular weight is 484 g/mol. The number of amides is 2. The summed E-state index contributed by atoms with van der Waals surface area (Å²) in [6.45, 7) is 1.74. The predicted octanol–water partition coefficient (Wildman–Crippen LogP) is 3.94. The van der Waals surface area contributed by atoms with E-state index < -0.39 is 0 Å². The molecule has 0 unspecified atom stereocenters. The number of aromatic nitrogens is 3. The summed E-state index contributed by atoms with van der Waals surface area (Å²) in [5, 5.41) is 7.15. The van der Waals surface area contributed by atoms with Crippen LogP contribution in [0.1, 0.15) is 27.0 Å². The summed E-state index contributed by atoms with van der Waals surface area (Å²) in [7, 11) is 0. The summed E-state index contributed by atoms with van der Waals surface area (Å²) < 4.78 is 1.76. The Labute approximate surface area is 208 Å². The Morgan fingerprint density at radius 1 is 0.971 bits per heavy atom. The Balaban J connectivity index is 1.20. The highest BCUT2D eigenvalue weighted by atomic mass is 32.2.